The number of carboxylic acid groups (broad SMARTS) is 1. The molecule has 0 aromatic heterocycles. The molecular formula is C16H22N2O4. The van der Waals surface area contributed by atoms with E-state index in [4.69, 9.17) is 9.84 Å². The highest BCUT2D eigenvalue weighted by molar-refractivity contribution is 5.69. The van der Waals surface area contributed by atoms with Gasteiger partial charge in [-0.25, -0.2) is 4.79 Å². The Hall–Kier alpha value is -2.08. The molecule has 1 heterocycles. The molecule has 1 aliphatic rings. The van der Waals surface area contributed by atoms with Gasteiger partial charge in [0, 0.05) is 19.1 Å². The molecule has 0 saturated carbocycles. The van der Waals surface area contributed by atoms with Crippen LogP contribution in [0.5, 0.6) is 0 Å². The Morgan fingerprint density at radius 1 is 1.36 bits per heavy atom. The third-order valence-electron chi connectivity index (χ3n) is 3.74. The molecule has 1 amide bonds. The van der Waals surface area contributed by atoms with Gasteiger partial charge in [0.1, 0.15) is 6.61 Å². The van der Waals surface area contributed by atoms with Crippen LogP contribution >= 0.6 is 0 Å². The van der Waals surface area contributed by atoms with Gasteiger partial charge in [-0.15, -0.1) is 0 Å². The van der Waals surface area contributed by atoms with Crippen molar-refractivity contribution < 1.29 is 19.4 Å². The third-order valence-corrected chi connectivity index (χ3v) is 3.74. The molecule has 1 aromatic rings. The SMILES string of the molecule is CN(CC(=O)O)CC1CCCN1C(=O)OCc1ccccc1. The highest BCUT2D eigenvalue weighted by Crippen LogP contribution is 2.19. The second kappa shape index (κ2) is 7.79. The molecule has 6 nitrogen and oxygen atoms in total. The Balaban J connectivity index is 1.84. The van der Waals surface area contributed by atoms with Crippen molar-refractivity contribution in [1.29, 1.82) is 0 Å². The average molecular weight is 306 g/mol. The lowest BCUT2D eigenvalue weighted by molar-refractivity contribution is -0.138. The Bertz CT molecular complexity index is 506. The lowest BCUT2D eigenvalue weighted by Gasteiger charge is -2.27. The van der Waals surface area contributed by atoms with E-state index >= 15 is 0 Å². The minimum absolute atomic E-state index is 0.0209. The molecule has 1 fully saturated rings. The minimum atomic E-state index is -0.862. The molecule has 1 atom stereocenters. The van der Waals surface area contributed by atoms with Crippen molar-refractivity contribution >= 4 is 12.1 Å². The molecule has 0 bridgehead atoms. The summed E-state index contributed by atoms with van der Waals surface area (Å²) in [6.07, 6.45) is 1.48. The number of likely N-dealkylation sites (tertiary alicyclic amines) is 1. The number of carboxylic acids is 1. The van der Waals surface area contributed by atoms with Crippen LogP contribution in [0.1, 0.15) is 18.4 Å². The van der Waals surface area contributed by atoms with Gasteiger partial charge in [-0.05, 0) is 25.5 Å². The Morgan fingerprint density at radius 3 is 2.77 bits per heavy atom. The van der Waals surface area contributed by atoms with Gasteiger partial charge in [0.05, 0.1) is 6.54 Å². The Kier molecular flexibility index (Phi) is 5.77. The van der Waals surface area contributed by atoms with E-state index in [0.717, 1.165) is 18.4 Å². The van der Waals surface area contributed by atoms with Crippen LogP contribution in [-0.2, 0) is 16.1 Å². The van der Waals surface area contributed by atoms with Crippen LogP contribution in [0.3, 0.4) is 0 Å². The normalized spacial score (nSPS) is 17.7. The number of nitrogens with zero attached hydrogens (tertiary/aromatic N) is 2. The van der Waals surface area contributed by atoms with E-state index in [-0.39, 0.29) is 25.3 Å². The van der Waals surface area contributed by atoms with E-state index in [1.54, 1.807) is 16.8 Å². The summed E-state index contributed by atoms with van der Waals surface area (Å²) in [6, 6.07) is 9.57. The molecule has 0 spiro atoms. The van der Waals surface area contributed by atoms with Crippen molar-refractivity contribution in [3.05, 3.63) is 35.9 Å². The van der Waals surface area contributed by atoms with Crippen molar-refractivity contribution in [2.75, 3.05) is 26.7 Å². The summed E-state index contributed by atoms with van der Waals surface area (Å²) in [6.45, 7) is 1.45. The Morgan fingerprint density at radius 2 is 2.09 bits per heavy atom. The van der Waals surface area contributed by atoms with E-state index in [1.165, 1.54) is 0 Å². The van der Waals surface area contributed by atoms with E-state index in [9.17, 15) is 9.59 Å². The molecule has 120 valence electrons. The predicted octanol–water partition coefficient (Wildman–Crippen LogP) is 1.80. The number of hydrogen-bond donors (Lipinski definition) is 1. The van der Waals surface area contributed by atoms with Crippen LogP contribution in [0.15, 0.2) is 30.3 Å². The second-order valence-electron chi connectivity index (χ2n) is 5.62. The van der Waals surface area contributed by atoms with Crippen molar-refractivity contribution in [2.24, 2.45) is 0 Å². The number of benzene rings is 1. The summed E-state index contributed by atoms with van der Waals surface area (Å²) < 4.78 is 5.36. The van der Waals surface area contributed by atoms with Crippen molar-refractivity contribution in [3.63, 3.8) is 0 Å². The monoisotopic (exact) mass is 306 g/mol. The fraction of sp³-hybridized carbons (Fsp3) is 0.500. The standard InChI is InChI=1S/C16H22N2O4/c1-17(11-15(19)20)10-14-8-5-9-18(14)16(21)22-12-13-6-3-2-4-7-13/h2-4,6-7,14H,5,8-12H2,1H3,(H,19,20). The van der Waals surface area contributed by atoms with Crippen LogP contribution in [0.2, 0.25) is 0 Å². The summed E-state index contributed by atoms with van der Waals surface area (Å²) in [5.41, 5.74) is 0.953. The van der Waals surface area contributed by atoms with Gasteiger partial charge >= 0.3 is 12.1 Å². The van der Waals surface area contributed by atoms with E-state index in [0.29, 0.717) is 13.1 Å². The molecule has 1 unspecified atom stereocenters. The van der Waals surface area contributed by atoms with Crippen molar-refractivity contribution in [2.45, 2.75) is 25.5 Å². The maximum Gasteiger partial charge on any atom is 0.410 e. The Labute approximate surface area is 130 Å². The van der Waals surface area contributed by atoms with Crippen molar-refractivity contribution in [3.8, 4) is 0 Å². The zero-order chi connectivity index (χ0) is 15.9. The van der Waals surface area contributed by atoms with Gasteiger partial charge in [-0.3, -0.25) is 9.69 Å². The first-order valence-corrected chi connectivity index (χ1v) is 7.44. The molecule has 6 heteroatoms. The summed E-state index contributed by atoms with van der Waals surface area (Å²) in [5.74, 6) is -0.862. The van der Waals surface area contributed by atoms with E-state index < -0.39 is 5.97 Å². The largest absolute Gasteiger partial charge is 0.480 e. The highest BCUT2D eigenvalue weighted by atomic mass is 16.6. The summed E-state index contributed by atoms with van der Waals surface area (Å²) in [5, 5.41) is 8.80. The number of ether oxygens (including phenoxy) is 1. The highest BCUT2D eigenvalue weighted by Gasteiger charge is 2.30. The third kappa shape index (κ3) is 4.73. The summed E-state index contributed by atoms with van der Waals surface area (Å²) in [7, 11) is 1.75. The molecule has 0 radical (unpaired) electrons. The van der Waals surface area contributed by atoms with Gasteiger partial charge in [0.2, 0.25) is 0 Å². The van der Waals surface area contributed by atoms with Gasteiger partial charge < -0.3 is 14.7 Å². The molecule has 1 N–H and O–H groups in total. The second-order valence-corrected chi connectivity index (χ2v) is 5.62. The molecule has 0 aliphatic carbocycles. The van der Waals surface area contributed by atoms with Crippen LogP contribution < -0.4 is 0 Å². The first-order chi connectivity index (χ1) is 10.6. The number of likely N-dealkylation sites (N-methyl/N-ethyl adjacent to an activating group) is 1. The number of carbonyl (C=O) groups excluding carboxylic acids is 1. The first kappa shape index (κ1) is 16.3. The summed E-state index contributed by atoms with van der Waals surface area (Å²) >= 11 is 0. The van der Waals surface area contributed by atoms with Crippen LogP contribution in [0.25, 0.3) is 0 Å². The van der Waals surface area contributed by atoms with E-state index in [2.05, 4.69) is 0 Å². The number of hydrogen-bond acceptors (Lipinski definition) is 4. The van der Waals surface area contributed by atoms with Gasteiger partial charge in [0.15, 0.2) is 0 Å². The molecule has 2 rings (SSSR count). The zero-order valence-electron chi connectivity index (χ0n) is 12.8. The van der Waals surface area contributed by atoms with Crippen LogP contribution in [0, 0.1) is 0 Å². The number of amides is 1. The minimum Gasteiger partial charge on any atom is -0.480 e. The van der Waals surface area contributed by atoms with Crippen molar-refractivity contribution in [1.82, 2.24) is 9.80 Å². The maximum absolute atomic E-state index is 12.2. The molecule has 22 heavy (non-hydrogen) atoms. The first-order valence-electron chi connectivity index (χ1n) is 7.44. The number of rotatable bonds is 6. The van der Waals surface area contributed by atoms with Crippen LogP contribution in [-0.4, -0.2) is 59.7 Å². The zero-order valence-corrected chi connectivity index (χ0v) is 12.8. The maximum atomic E-state index is 12.2. The lowest BCUT2D eigenvalue weighted by atomic mass is 10.2. The topological polar surface area (TPSA) is 70.1 Å². The fourth-order valence-corrected chi connectivity index (χ4v) is 2.72. The van der Waals surface area contributed by atoms with Gasteiger partial charge in [-0.1, -0.05) is 30.3 Å². The number of aliphatic carboxylic acids is 1. The van der Waals surface area contributed by atoms with Gasteiger partial charge in [-0.2, -0.15) is 0 Å². The molecular weight excluding hydrogens is 284 g/mol. The molecule has 1 saturated heterocycles. The lowest BCUT2D eigenvalue weighted by Crippen LogP contribution is -2.43. The number of carbonyl (C=O) groups is 2. The smallest absolute Gasteiger partial charge is 0.410 e. The predicted molar refractivity (Wildman–Crippen MR) is 81.5 cm³/mol. The fourth-order valence-electron chi connectivity index (χ4n) is 2.72. The molecule has 1 aliphatic heterocycles. The average Bonchev–Trinajstić information content (AvgIpc) is 2.93. The quantitative estimate of drug-likeness (QED) is 0.868. The molecule has 1 aromatic carbocycles. The van der Waals surface area contributed by atoms with Gasteiger partial charge in [0.25, 0.3) is 0 Å². The summed E-state index contributed by atoms with van der Waals surface area (Å²) in [4.78, 5) is 26.3. The van der Waals surface area contributed by atoms with Crippen LogP contribution in [0.4, 0.5) is 4.79 Å². The van der Waals surface area contributed by atoms with E-state index in [1.807, 2.05) is 30.3 Å².